The minimum Gasteiger partial charge on any atom is -0.507 e. The molecule has 0 spiro atoms. The molecule has 1 heterocycles. The molecule has 0 aliphatic rings. The van der Waals surface area contributed by atoms with Gasteiger partial charge in [0.25, 0.3) is 0 Å². The number of phenolic OH excluding ortho intramolecular Hbond substituents is 1. The normalized spacial score (nSPS) is 11.8. The van der Waals surface area contributed by atoms with E-state index in [4.69, 9.17) is 0 Å². The summed E-state index contributed by atoms with van der Waals surface area (Å²) < 4.78 is 0. The number of likely N-dealkylation sites (N-methyl/N-ethyl adjacent to an activating group) is 1. The summed E-state index contributed by atoms with van der Waals surface area (Å²) in [6.45, 7) is 8.71. The lowest BCUT2D eigenvalue weighted by atomic mass is 10.1. The Morgan fingerprint density at radius 1 is 1.33 bits per heavy atom. The Hall–Kier alpha value is -1.48. The summed E-state index contributed by atoms with van der Waals surface area (Å²) in [6, 6.07) is 6.18. The second-order valence-corrected chi connectivity index (χ2v) is 4.99. The van der Waals surface area contributed by atoms with E-state index in [0.717, 1.165) is 30.4 Å². The molecule has 0 atom stereocenters. The summed E-state index contributed by atoms with van der Waals surface area (Å²) in [5.41, 5.74) is 2.21. The topological polar surface area (TPSA) is 39.3 Å². The van der Waals surface area contributed by atoms with Gasteiger partial charge in [-0.25, -0.2) is 0 Å². The molecule has 0 radical (unpaired) electrons. The van der Waals surface area contributed by atoms with E-state index in [1.807, 2.05) is 18.3 Å². The molecule has 0 fully saturated rings. The molecular formula is C15H22N2O. The maximum Gasteiger partial charge on any atom is 0.125 e. The molecule has 0 saturated heterocycles. The van der Waals surface area contributed by atoms with Crippen LogP contribution in [0.1, 0.15) is 26.3 Å². The number of aromatic amines is 1. The van der Waals surface area contributed by atoms with Gasteiger partial charge in [-0.1, -0.05) is 13.0 Å². The van der Waals surface area contributed by atoms with Crippen molar-refractivity contribution in [3.63, 3.8) is 0 Å². The van der Waals surface area contributed by atoms with Crippen LogP contribution in [0.2, 0.25) is 0 Å². The zero-order chi connectivity index (χ0) is 13.1. The van der Waals surface area contributed by atoms with E-state index < -0.39 is 0 Å². The fourth-order valence-corrected chi connectivity index (χ4v) is 2.48. The number of hydrogen-bond acceptors (Lipinski definition) is 2. The van der Waals surface area contributed by atoms with Crippen molar-refractivity contribution in [1.82, 2.24) is 9.88 Å². The monoisotopic (exact) mass is 246 g/mol. The Bertz CT molecular complexity index is 516. The minimum absolute atomic E-state index is 0.372. The van der Waals surface area contributed by atoms with Crippen LogP contribution in [0.4, 0.5) is 0 Å². The zero-order valence-electron chi connectivity index (χ0n) is 11.4. The quantitative estimate of drug-likeness (QED) is 0.850. The van der Waals surface area contributed by atoms with Gasteiger partial charge < -0.3 is 15.0 Å². The summed E-state index contributed by atoms with van der Waals surface area (Å²) in [5.74, 6) is 0.372. The molecule has 18 heavy (non-hydrogen) atoms. The van der Waals surface area contributed by atoms with E-state index in [0.29, 0.717) is 11.8 Å². The Morgan fingerprint density at radius 3 is 2.78 bits per heavy atom. The van der Waals surface area contributed by atoms with Crippen LogP contribution in [0.5, 0.6) is 5.75 Å². The highest BCUT2D eigenvalue weighted by molar-refractivity contribution is 5.88. The SMILES string of the molecule is CCN(CCc1c[nH]c2cccc(O)c12)C(C)C. The van der Waals surface area contributed by atoms with Crippen molar-refractivity contribution in [2.75, 3.05) is 13.1 Å². The van der Waals surface area contributed by atoms with Crippen molar-refractivity contribution in [1.29, 1.82) is 0 Å². The molecule has 2 N–H and O–H groups in total. The molecule has 3 nitrogen and oxygen atoms in total. The number of rotatable bonds is 5. The molecule has 0 unspecified atom stereocenters. The van der Waals surface area contributed by atoms with Crippen LogP contribution >= 0.6 is 0 Å². The van der Waals surface area contributed by atoms with Gasteiger partial charge in [0.1, 0.15) is 5.75 Å². The van der Waals surface area contributed by atoms with Crippen molar-refractivity contribution in [3.8, 4) is 5.75 Å². The van der Waals surface area contributed by atoms with E-state index in [1.54, 1.807) is 6.07 Å². The fraction of sp³-hybridized carbons (Fsp3) is 0.467. The summed E-state index contributed by atoms with van der Waals surface area (Å²) >= 11 is 0. The largest absolute Gasteiger partial charge is 0.507 e. The van der Waals surface area contributed by atoms with E-state index in [-0.39, 0.29) is 0 Å². The summed E-state index contributed by atoms with van der Waals surface area (Å²) in [5, 5.41) is 10.9. The van der Waals surface area contributed by atoms with Crippen molar-refractivity contribution >= 4 is 10.9 Å². The summed E-state index contributed by atoms with van der Waals surface area (Å²) in [6.07, 6.45) is 2.97. The van der Waals surface area contributed by atoms with Gasteiger partial charge in [-0.3, -0.25) is 0 Å². The summed E-state index contributed by atoms with van der Waals surface area (Å²) in [7, 11) is 0. The van der Waals surface area contributed by atoms with Crippen LogP contribution in [0, 0.1) is 0 Å². The number of hydrogen-bond donors (Lipinski definition) is 2. The lowest BCUT2D eigenvalue weighted by molar-refractivity contribution is 0.237. The number of benzene rings is 1. The predicted octanol–water partition coefficient (Wildman–Crippen LogP) is 3.15. The standard InChI is InChI=1S/C15H22N2O/c1-4-17(11(2)3)9-8-12-10-16-13-6-5-7-14(18)15(12)13/h5-7,10-11,16,18H,4,8-9H2,1-3H3. The Balaban J connectivity index is 2.17. The molecule has 0 bridgehead atoms. The second-order valence-electron chi connectivity index (χ2n) is 4.99. The fourth-order valence-electron chi connectivity index (χ4n) is 2.48. The maximum atomic E-state index is 9.94. The molecule has 1 aromatic carbocycles. The van der Waals surface area contributed by atoms with Crippen LogP contribution in [-0.2, 0) is 6.42 Å². The van der Waals surface area contributed by atoms with Crippen LogP contribution in [0.3, 0.4) is 0 Å². The number of nitrogens with zero attached hydrogens (tertiary/aromatic N) is 1. The highest BCUT2D eigenvalue weighted by atomic mass is 16.3. The maximum absolute atomic E-state index is 9.94. The first-order valence-corrected chi connectivity index (χ1v) is 6.65. The van der Waals surface area contributed by atoms with Crippen molar-refractivity contribution in [3.05, 3.63) is 30.0 Å². The number of fused-ring (bicyclic) bond motifs is 1. The molecule has 3 heteroatoms. The first-order chi connectivity index (χ1) is 8.63. The van der Waals surface area contributed by atoms with Gasteiger partial charge in [-0.2, -0.15) is 0 Å². The second kappa shape index (κ2) is 5.44. The van der Waals surface area contributed by atoms with Gasteiger partial charge in [-0.15, -0.1) is 0 Å². The summed E-state index contributed by atoms with van der Waals surface area (Å²) in [4.78, 5) is 5.65. The van der Waals surface area contributed by atoms with Gasteiger partial charge in [0.2, 0.25) is 0 Å². The molecule has 0 saturated carbocycles. The van der Waals surface area contributed by atoms with Crippen LogP contribution in [-0.4, -0.2) is 34.1 Å². The number of H-pyrrole nitrogens is 1. The molecule has 0 aliphatic carbocycles. The number of aromatic nitrogens is 1. The van der Waals surface area contributed by atoms with Gasteiger partial charge >= 0.3 is 0 Å². The third-order valence-corrected chi connectivity index (χ3v) is 3.57. The van der Waals surface area contributed by atoms with Gasteiger partial charge in [0, 0.05) is 29.7 Å². The number of aromatic hydroxyl groups is 1. The Kier molecular flexibility index (Phi) is 3.92. The van der Waals surface area contributed by atoms with E-state index >= 15 is 0 Å². The smallest absolute Gasteiger partial charge is 0.125 e. The van der Waals surface area contributed by atoms with Crippen LogP contribution in [0.25, 0.3) is 10.9 Å². The van der Waals surface area contributed by atoms with E-state index in [1.165, 1.54) is 5.56 Å². The highest BCUT2D eigenvalue weighted by Gasteiger charge is 2.11. The molecular weight excluding hydrogens is 224 g/mol. The van der Waals surface area contributed by atoms with Crippen LogP contribution in [0.15, 0.2) is 24.4 Å². The van der Waals surface area contributed by atoms with Gasteiger partial charge in [0.15, 0.2) is 0 Å². The molecule has 2 rings (SSSR count). The molecule has 98 valence electrons. The van der Waals surface area contributed by atoms with Gasteiger partial charge in [0.05, 0.1) is 0 Å². The number of phenols is 1. The van der Waals surface area contributed by atoms with Crippen molar-refractivity contribution in [2.45, 2.75) is 33.2 Å². The first kappa shape index (κ1) is 13.0. The van der Waals surface area contributed by atoms with Gasteiger partial charge in [-0.05, 0) is 44.5 Å². The first-order valence-electron chi connectivity index (χ1n) is 6.65. The third-order valence-electron chi connectivity index (χ3n) is 3.57. The Morgan fingerprint density at radius 2 is 2.11 bits per heavy atom. The third kappa shape index (κ3) is 2.51. The lowest BCUT2D eigenvalue weighted by Gasteiger charge is -2.24. The molecule has 0 aliphatic heterocycles. The minimum atomic E-state index is 0.372. The van der Waals surface area contributed by atoms with E-state index in [2.05, 4.69) is 30.7 Å². The highest BCUT2D eigenvalue weighted by Crippen LogP contribution is 2.27. The number of nitrogens with one attached hydrogen (secondary N) is 1. The Labute approximate surface area is 108 Å². The predicted molar refractivity (Wildman–Crippen MR) is 76.1 cm³/mol. The van der Waals surface area contributed by atoms with Crippen LogP contribution < -0.4 is 0 Å². The zero-order valence-corrected chi connectivity index (χ0v) is 11.4. The molecule has 1 aromatic heterocycles. The average molecular weight is 246 g/mol. The van der Waals surface area contributed by atoms with Crippen molar-refractivity contribution in [2.24, 2.45) is 0 Å². The average Bonchev–Trinajstić information content (AvgIpc) is 2.74. The molecule has 2 aromatic rings. The molecule has 0 amide bonds. The lowest BCUT2D eigenvalue weighted by Crippen LogP contribution is -2.32. The van der Waals surface area contributed by atoms with E-state index in [9.17, 15) is 5.11 Å². The van der Waals surface area contributed by atoms with Crippen molar-refractivity contribution < 1.29 is 5.11 Å².